The van der Waals surface area contributed by atoms with Gasteiger partial charge in [0, 0.05) is 5.69 Å². The van der Waals surface area contributed by atoms with E-state index in [4.69, 9.17) is 4.74 Å². The minimum Gasteiger partial charge on any atom is -0.462 e. The number of sulfonamides is 1. The average Bonchev–Trinajstić information content (AvgIpc) is 2.88. The standard InChI is InChI=1S/C20H21NO4S/c1-4-25-20(22)16-9-8-14-10-13(2)19(18(14)12-16)15-6-5-7-17(11-15)21-26(3,23)24/h5-9,11-12,21H,4,10H2,1-3H3. The van der Waals surface area contributed by atoms with Gasteiger partial charge in [0.2, 0.25) is 10.0 Å². The lowest BCUT2D eigenvalue weighted by Gasteiger charge is -2.11. The lowest BCUT2D eigenvalue weighted by Crippen LogP contribution is -2.09. The highest BCUT2D eigenvalue weighted by Crippen LogP contribution is 2.38. The van der Waals surface area contributed by atoms with Crippen LogP contribution < -0.4 is 4.72 Å². The fourth-order valence-corrected chi connectivity index (χ4v) is 3.82. The Kier molecular flexibility index (Phi) is 4.87. The Hall–Kier alpha value is -2.60. The van der Waals surface area contributed by atoms with Crippen molar-refractivity contribution in [3.05, 3.63) is 70.3 Å². The van der Waals surface area contributed by atoms with Gasteiger partial charge in [-0.15, -0.1) is 0 Å². The summed E-state index contributed by atoms with van der Waals surface area (Å²) in [5, 5.41) is 0. The Labute approximate surface area is 153 Å². The molecule has 3 rings (SSSR count). The van der Waals surface area contributed by atoms with Crippen LogP contribution in [-0.4, -0.2) is 27.2 Å². The molecule has 26 heavy (non-hydrogen) atoms. The molecule has 0 saturated carbocycles. The fourth-order valence-electron chi connectivity index (χ4n) is 3.26. The van der Waals surface area contributed by atoms with Crippen LogP contribution in [0.3, 0.4) is 0 Å². The molecule has 0 heterocycles. The number of nitrogens with one attached hydrogen (secondary N) is 1. The third kappa shape index (κ3) is 3.80. The van der Waals surface area contributed by atoms with Gasteiger partial charge in [0.15, 0.2) is 0 Å². The maximum atomic E-state index is 12.1. The zero-order chi connectivity index (χ0) is 18.9. The van der Waals surface area contributed by atoms with E-state index in [1.165, 1.54) is 5.57 Å². The van der Waals surface area contributed by atoms with Crippen LogP contribution >= 0.6 is 0 Å². The quantitative estimate of drug-likeness (QED) is 0.815. The summed E-state index contributed by atoms with van der Waals surface area (Å²) in [5.41, 5.74) is 6.29. The van der Waals surface area contributed by atoms with E-state index in [1.54, 1.807) is 19.1 Å². The van der Waals surface area contributed by atoms with Crippen molar-refractivity contribution in [1.82, 2.24) is 0 Å². The molecular weight excluding hydrogens is 350 g/mol. The van der Waals surface area contributed by atoms with Crippen molar-refractivity contribution in [3.63, 3.8) is 0 Å². The van der Waals surface area contributed by atoms with Crippen LogP contribution in [0.15, 0.2) is 48.0 Å². The van der Waals surface area contributed by atoms with E-state index >= 15 is 0 Å². The molecule has 0 saturated heterocycles. The Balaban J connectivity index is 2.03. The van der Waals surface area contributed by atoms with E-state index < -0.39 is 10.0 Å². The zero-order valence-electron chi connectivity index (χ0n) is 15.0. The van der Waals surface area contributed by atoms with Crippen molar-refractivity contribution >= 4 is 27.3 Å². The highest BCUT2D eigenvalue weighted by molar-refractivity contribution is 7.92. The largest absolute Gasteiger partial charge is 0.462 e. The number of anilines is 1. The number of carbonyl (C=O) groups excluding carboxylic acids is 1. The second-order valence-corrected chi connectivity index (χ2v) is 8.13. The number of ether oxygens (including phenoxy) is 1. The van der Waals surface area contributed by atoms with Gasteiger partial charge < -0.3 is 4.74 Å². The van der Waals surface area contributed by atoms with Gasteiger partial charge in [-0.25, -0.2) is 13.2 Å². The molecule has 6 heteroatoms. The third-order valence-corrected chi connectivity index (χ3v) is 4.83. The van der Waals surface area contributed by atoms with Crippen LogP contribution in [0.5, 0.6) is 0 Å². The number of hydrogen-bond acceptors (Lipinski definition) is 4. The molecule has 0 fully saturated rings. The summed E-state index contributed by atoms with van der Waals surface area (Å²) in [5.74, 6) is -0.341. The Morgan fingerprint density at radius 1 is 1.19 bits per heavy atom. The minimum absolute atomic E-state index is 0.330. The molecule has 2 aromatic rings. The number of fused-ring (bicyclic) bond motifs is 1. The molecule has 1 aliphatic rings. The predicted molar refractivity (Wildman–Crippen MR) is 103 cm³/mol. The van der Waals surface area contributed by atoms with E-state index in [9.17, 15) is 13.2 Å². The monoisotopic (exact) mass is 371 g/mol. The summed E-state index contributed by atoms with van der Waals surface area (Å²) >= 11 is 0. The Bertz CT molecular complexity index is 1010. The number of rotatable bonds is 5. The summed E-state index contributed by atoms with van der Waals surface area (Å²) in [6.07, 6.45) is 1.93. The minimum atomic E-state index is -3.34. The van der Waals surface area contributed by atoms with E-state index in [0.29, 0.717) is 17.9 Å². The van der Waals surface area contributed by atoms with Crippen LogP contribution in [0.1, 0.15) is 40.9 Å². The van der Waals surface area contributed by atoms with Gasteiger partial charge >= 0.3 is 5.97 Å². The summed E-state index contributed by atoms with van der Waals surface area (Å²) < 4.78 is 30.6. The van der Waals surface area contributed by atoms with Gasteiger partial charge in [-0.1, -0.05) is 23.8 Å². The number of esters is 1. The first-order valence-corrected chi connectivity index (χ1v) is 10.3. The zero-order valence-corrected chi connectivity index (χ0v) is 15.8. The molecule has 0 bridgehead atoms. The van der Waals surface area contributed by atoms with Gasteiger partial charge in [-0.3, -0.25) is 4.72 Å². The first-order valence-electron chi connectivity index (χ1n) is 8.37. The lowest BCUT2D eigenvalue weighted by molar-refractivity contribution is 0.0526. The molecule has 0 atom stereocenters. The second kappa shape index (κ2) is 6.96. The Morgan fingerprint density at radius 2 is 1.96 bits per heavy atom. The molecule has 0 amide bonds. The first kappa shape index (κ1) is 18.2. The normalized spacial score (nSPS) is 13.5. The van der Waals surface area contributed by atoms with Gasteiger partial charge in [0.25, 0.3) is 0 Å². The highest BCUT2D eigenvalue weighted by Gasteiger charge is 2.22. The molecule has 136 valence electrons. The van der Waals surface area contributed by atoms with E-state index in [1.807, 2.05) is 30.3 Å². The molecule has 2 aromatic carbocycles. The number of benzene rings is 2. The predicted octanol–water partition coefficient (Wildman–Crippen LogP) is 3.61. The van der Waals surface area contributed by atoms with Crippen LogP contribution in [-0.2, 0) is 21.2 Å². The van der Waals surface area contributed by atoms with E-state index in [2.05, 4.69) is 11.6 Å². The average molecular weight is 371 g/mol. The molecule has 0 aliphatic heterocycles. The van der Waals surface area contributed by atoms with E-state index in [-0.39, 0.29) is 5.97 Å². The highest BCUT2D eigenvalue weighted by atomic mass is 32.2. The molecule has 1 aliphatic carbocycles. The molecule has 0 radical (unpaired) electrons. The van der Waals surface area contributed by atoms with Crippen molar-refractivity contribution in [3.8, 4) is 0 Å². The summed E-state index contributed by atoms with van der Waals surface area (Å²) in [6.45, 7) is 4.16. The lowest BCUT2D eigenvalue weighted by atomic mass is 9.96. The first-order chi connectivity index (χ1) is 12.3. The maximum Gasteiger partial charge on any atom is 0.338 e. The Morgan fingerprint density at radius 3 is 2.65 bits per heavy atom. The van der Waals surface area contributed by atoms with Crippen molar-refractivity contribution in [2.45, 2.75) is 20.3 Å². The van der Waals surface area contributed by atoms with E-state index in [0.717, 1.165) is 34.9 Å². The number of carbonyl (C=O) groups is 1. The summed E-state index contributed by atoms with van der Waals surface area (Å²) in [7, 11) is -3.34. The van der Waals surface area contributed by atoms with Gasteiger partial charge in [-0.05, 0) is 66.8 Å². The second-order valence-electron chi connectivity index (χ2n) is 6.38. The van der Waals surface area contributed by atoms with Crippen LogP contribution in [0.25, 0.3) is 5.57 Å². The molecule has 0 aromatic heterocycles. The summed E-state index contributed by atoms with van der Waals surface area (Å²) in [4.78, 5) is 12.1. The van der Waals surface area contributed by atoms with Crippen LogP contribution in [0.2, 0.25) is 0 Å². The number of hydrogen-bond donors (Lipinski definition) is 1. The molecular formula is C20H21NO4S. The van der Waals surface area contributed by atoms with Gasteiger partial charge in [-0.2, -0.15) is 0 Å². The van der Waals surface area contributed by atoms with Gasteiger partial charge in [0.05, 0.1) is 18.4 Å². The third-order valence-electron chi connectivity index (χ3n) is 4.23. The van der Waals surface area contributed by atoms with Crippen molar-refractivity contribution in [1.29, 1.82) is 0 Å². The van der Waals surface area contributed by atoms with Crippen molar-refractivity contribution in [2.24, 2.45) is 0 Å². The van der Waals surface area contributed by atoms with Crippen LogP contribution in [0.4, 0.5) is 5.69 Å². The SMILES string of the molecule is CCOC(=O)c1ccc2c(c1)C(c1cccc(NS(C)(=O)=O)c1)=C(C)C2. The molecule has 1 N–H and O–H groups in total. The smallest absolute Gasteiger partial charge is 0.338 e. The van der Waals surface area contributed by atoms with Crippen molar-refractivity contribution in [2.75, 3.05) is 17.6 Å². The summed E-state index contributed by atoms with van der Waals surface area (Å²) in [6, 6.07) is 12.9. The molecule has 0 spiro atoms. The van der Waals surface area contributed by atoms with Gasteiger partial charge in [0.1, 0.15) is 0 Å². The molecule has 5 nitrogen and oxygen atoms in total. The fraction of sp³-hybridized carbons (Fsp3) is 0.250. The van der Waals surface area contributed by atoms with Crippen LogP contribution in [0, 0.1) is 0 Å². The topological polar surface area (TPSA) is 72.5 Å². The maximum absolute atomic E-state index is 12.1. The number of allylic oxidation sites excluding steroid dienone is 1. The van der Waals surface area contributed by atoms with Crippen molar-refractivity contribution < 1.29 is 17.9 Å². The molecule has 0 unspecified atom stereocenters.